The summed E-state index contributed by atoms with van der Waals surface area (Å²) in [4.78, 5) is 0. The van der Waals surface area contributed by atoms with Crippen molar-refractivity contribution in [1.29, 1.82) is 10.5 Å². The van der Waals surface area contributed by atoms with E-state index in [1.165, 1.54) is 163 Å². The maximum atomic E-state index is 9.22. The van der Waals surface area contributed by atoms with Gasteiger partial charge in [-0.3, -0.25) is 0 Å². The number of aromatic nitrogens is 4. The first-order valence-corrected chi connectivity index (χ1v) is 41.7. The smallest absolute Gasteiger partial charge is 0.138 e. The van der Waals surface area contributed by atoms with Crippen molar-refractivity contribution in [3.05, 3.63) is 433 Å². The third kappa shape index (κ3) is 14.5. The molecule has 0 N–H and O–H groups in total. The summed E-state index contributed by atoms with van der Waals surface area (Å²) in [6.45, 7) is 10.5. The van der Waals surface area contributed by atoms with Gasteiger partial charge in [0.25, 0.3) is 0 Å². The predicted octanol–water partition coefficient (Wildman–Crippen LogP) is 31.0. The number of hydrogen-bond donors (Lipinski definition) is 0. The standard InChI is InChI=1S/2C21H14O.2C20H14N2.2C13H11N.C7H8/c1-13-12-15-7-3-5-9-17(15)20-19-16-8-4-2-6-14(16)10-11-18(19)22-21(13)20;1-13-10-16-8-4-5-9-17(16)20-18-11-14-6-2-3-7-15(14)12-19(18)22-21(13)20;1-14-7-10-19-18(11-14)17-9-8-15(13-21)12-20(17)22(19)16-5-3-2-4-6-16;1-14-7-9-19-17(11-14)18-12-15(13-21)8-10-20(18)22(19)16-5-3-2-4-6-16;2*1-14-12-8-4-2-6-10(12)11-7-3-5-9-13(11)14;1-7-5-3-2-4-6-7/h4*2-12H,1H3;2*2-9H,1H3;2-6H,1H3. The second-order valence-corrected chi connectivity index (χ2v) is 31.7. The molecule has 25 aromatic rings. The summed E-state index contributed by atoms with van der Waals surface area (Å²) in [7, 11) is 4.23. The molecule has 0 atom stereocenters. The maximum absolute atomic E-state index is 9.22. The summed E-state index contributed by atoms with van der Waals surface area (Å²) >= 11 is 0. The molecule has 19 aromatic carbocycles. The fraction of sp³-hybridized carbons (Fsp3) is 0.0609. The van der Waals surface area contributed by atoms with Crippen LogP contribution >= 0.6 is 0 Å². The lowest BCUT2D eigenvalue weighted by atomic mass is 9.98. The van der Waals surface area contributed by atoms with E-state index in [-0.39, 0.29) is 0 Å². The number of fused-ring (bicyclic) bond motifs is 25. The fourth-order valence-electron chi connectivity index (χ4n) is 17.9. The quantitative estimate of drug-likeness (QED) is 0.172. The molecule has 123 heavy (non-hydrogen) atoms. The number of benzene rings is 19. The molecule has 0 saturated heterocycles. The second-order valence-electron chi connectivity index (χ2n) is 31.7. The summed E-state index contributed by atoms with van der Waals surface area (Å²) in [6, 6.07) is 141. The van der Waals surface area contributed by atoms with E-state index in [0.717, 1.165) is 50.1 Å². The average molecular weight is 1580 g/mol. The monoisotopic (exact) mass is 1580 g/mol. The first-order valence-electron chi connectivity index (χ1n) is 41.7. The topological polar surface area (TPSA) is 93.6 Å². The van der Waals surface area contributed by atoms with Crippen LogP contribution in [0.5, 0.6) is 0 Å². The lowest BCUT2D eigenvalue weighted by molar-refractivity contribution is 0.666. The van der Waals surface area contributed by atoms with Crippen molar-refractivity contribution in [3.8, 4) is 23.5 Å². The molecule has 0 aliphatic rings. The average Bonchev–Trinajstić information content (AvgIpc) is 1.64. The Hall–Kier alpha value is -16.0. The van der Waals surface area contributed by atoms with Crippen molar-refractivity contribution in [2.24, 2.45) is 14.1 Å². The molecule has 0 saturated carbocycles. The lowest BCUT2D eigenvalue weighted by Crippen LogP contribution is -1.93. The zero-order valence-electron chi connectivity index (χ0n) is 69.5. The van der Waals surface area contributed by atoms with Crippen LogP contribution < -0.4 is 0 Å². The Morgan fingerprint density at radius 2 is 0.577 bits per heavy atom. The largest absolute Gasteiger partial charge is 0.456 e. The number of nitrogens with zero attached hydrogens (tertiary/aromatic N) is 6. The molecular weight excluding hydrogens is 1500 g/mol. The lowest BCUT2D eigenvalue weighted by Gasteiger charge is -2.07. The van der Waals surface area contributed by atoms with Gasteiger partial charge in [-0.15, -0.1) is 0 Å². The van der Waals surface area contributed by atoms with Crippen LogP contribution in [-0.4, -0.2) is 18.3 Å². The van der Waals surface area contributed by atoms with E-state index >= 15 is 0 Å². The summed E-state index contributed by atoms with van der Waals surface area (Å²) < 4.78 is 21.4. The Bertz CT molecular complexity index is 8200. The van der Waals surface area contributed by atoms with Crippen LogP contribution in [0.2, 0.25) is 0 Å². The Morgan fingerprint density at radius 1 is 0.220 bits per heavy atom. The number of furan rings is 2. The van der Waals surface area contributed by atoms with Gasteiger partial charge in [0.2, 0.25) is 0 Å². The first-order chi connectivity index (χ1) is 60.3. The van der Waals surface area contributed by atoms with Gasteiger partial charge in [-0.2, -0.15) is 10.5 Å². The van der Waals surface area contributed by atoms with Crippen molar-refractivity contribution in [2.45, 2.75) is 34.6 Å². The van der Waals surface area contributed by atoms with Gasteiger partial charge in [0.15, 0.2) is 0 Å². The minimum Gasteiger partial charge on any atom is -0.456 e. The van der Waals surface area contributed by atoms with Gasteiger partial charge in [-0.25, -0.2) is 0 Å². The van der Waals surface area contributed by atoms with E-state index in [4.69, 9.17) is 8.83 Å². The molecule has 0 aliphatic carbocycles. The molecule has 0 fully saturated rings. The Labute approximate surface area is 712 Å². The number of hydrogen-bond acceptors (Lipinski definition) is 4. The number of nitriles is 2. The second kappa shape index (κ2) is 33.1. The minimum atomic E-state index is 0.684. The fourth-order valence-corrected chi connectivity index (χ4v) is 17.9. The molecule has 0 unspecified atom stereocenters. The molecule has 588 valence electrons. The van der Waals surface area contributed by atoms with E-state index in [9.17, 15) is 10.5 Å². The summed E-state index contributed by atoms with van der Waals surface area (Å²) in [5.74, 6) is 0. The highest BCUT2D eigenvalue weighted by Crippen LogP contribution is 2.43. The first kappa shape index (κ1) is 76.9. The predicted molar refractivity (Wildman–Crippen MR) is 519 cm³/mol. The van der Waals surface area contributed by atoms with Crippen LogP contribution in [0.1, 0.15) is 38.9 Å². The SMILES string of the molecule is Cc1cc2ccccc2c2c1oc1cc3ccccc3cc12.Cc1cc2ccccc2c2c1oc1ccc3ccccc3c12.Cc1ccc2c(c1)c1cc(C#N)ccc1n2-c1ccccc1.Cc1ccc2c(c1)c1ccc(C#N)cc1n2-c1ccccc1.Cc1ccccc1.Cn1c2ccccc2c2ccccc21.Cn1c2ccccc2c2ccccc21. The zero-order chi connectivity index (χ0) is 83.8. The number of aryl methyl sites for hydroxylation is 7. The highest BCUT2D eigenvalue weighted by atomic mass is 16.3. The molecule has 6 heterocycles. The van der Waals surface area contributed by atoms with Gasteiger partial charge in [0.05, 0.1) is 45.3 Å². The molecule has 0 spiro atoms. The van der Waals surface area contributed by atoms with Gasteiger partial charge in [0, 0.05) is 112 Å². The van der Waals surface area contributed by atoms with Gasteiger partial charge >= 0.3 is 0 Å². The molecule has 25 rings (SSSR count). The number of rotatable bonds is 2. The Kier molecular flexibility index (Phi) is 20.7. The van der Waals surface area contributed by atoms with Crippen LogP contribution in [0, 0.1) is 57.3 Å². The van der Waals surface area contributed by atoms with Gasteiger partial charge < -0.3 is 27.1 Å². The van der Waals surface area contributed by atoms with E-state index in [1.807, 2.05) is 84.9 Å². The molecule has 0 bridgehead atoms. The molecule has 6 aromatic heterocycles. The molecule has 8 nitrogen and oxygen atoms in total. The zero-order valence-corrected chi connectivity index (χ0v) is 69.5. The van der Waals surface area contributed by atoms with Crippen molar-refractivity contribution >= 4 is 174 Å². The van der Waals surface area contributed by atoms with Gasteiger partial charge in [-0.1, -0.05) is 278 Å². The van der Waals surface area contributed by atoms with E-state index in [2.05, 4.69) is 389 Å². The normalized spacial score (nSPS) is 11.2. The summed E-state index contributed by atoms with van der Waals surface area (Å²) in [5, 5.41) is 43.4. The maximum Gasteiger partial charge on any atom is 0.138 e. The molecule has 0 amide bonds. The number of para-hydroxylation sites is 6. The van der Waals surface area contributed by atoms with Crippen LogP contribution in [0.15, 0.2) is 403 Å². The highest BCUT2D eigenvalue weighted by molar-refractivity contribution is 6.27. The third-order valence-corrected chi connectivity index (χ3v) is 23.8. The van der Waals surface area contributed by atoms with Crippen LogP contribution in [0.3, 0.4) is 0 Å². The Morgan fingerprint density at radius 3 is 1.07 bits per heavy atom. The minimum absolute atomic E-state index is 0.684. The third-order valence-electron chi connectivity index (χ3n) is 23.8. The van der Waals surface area contributed by atoms with Crippen molar-refractivity contribution in [1.82, 2.24) is 18.3 Å². The van der Waals surface area contributed by atoms with E-state index in [0.29, 0.717) is 11.1 Å². The van der Waals surface area contributed by atoms with Crippen LogP contribution in [0.4, 0.5) is 0 Å². The van der Waals surface area contributed by atoms with Crippen molar-refractivity contribution in [3.63, 3.8) is 0 Å². The van der Waals surface area contributed by atoms with E-state index in [1.54, 1.807) is 0 Å². The van der Waals surface area contributed by atoms with Gasteiger partial charge in [-0.05, 0) is 222 Å². The van der Waals surface area contributed by atoms with Crippen molar-refractivity contribution in [2.75, 3.05) is 0 Å². The molecule has 8 heteroatoms. The van der Waals surface area contributed by atoms with Crippen LogP contribution in [0.25, 0.3) is 186 Å². The van der Waals surface area contributed by atoms with E-state index < -0.39 is 0 Å². The Balaban J connectivity index is 0.0000000961. The van der Waals surface area contributed by atoms with Gasteiger partial charge in [0.1, 0.15) is 22.3 Å². The van der Waals surface area contributed by atoms with Crippen LogP contribution in [-0.2, 0) is 14.1 Å². The highest BCUT2D eigenvalue weighted by Gasteiger charge is 2.20. The summed E-state index contributed by atoms with van der Waals surface area (Å²) in [5.41, 5.74) is 23.5. The summed E-state index contributed by atoms with van der Waals surface area (Å²) in [6.07, 6.45) is 0. The molecular formula is C115H86N6O2. The molecule has 0 aliphatic heterocycles. The molecule has 0 radical (unpaired) electrons. The van der Waals surface area contributed by atoms with Crippen molar-refractivity contribution < 1.29 is 8.83 Å².